The average Bonchev–Trinajstić information content (AvgIpc) is 3.20. The van der Waals surface area contributed by atoms with Gasteiger partial charge < -0.3 is 20.3 Å². The minimum Gasteiger partial charge on any atom is -0.452 e. The molecule has 0 unspecified atom stereocenters. The number of hydrogen-bond donors (Lipinski definition) is 2. The molecule has 1 aromatic carbocycles. The first kappa shape index (κ1) is 22.0. The Bertz CT molecular complexity index is 1060. The minimum absolute atomic E-state index is 0.0597. The van der Waals surface area contributed by atoms with Gasteiger partial charge in [-0.2, -0.15) is 0 Å². The molecular formula is C19H17FN4O6S. The molecule has 1 fully saturated rings. The number of nitrogens with zero attached hydrogens (tertiary/aromatic N) is 2. The predicted octanol–water partition coefficient (Wildman–Crippen LogP) is 1.71. The SMILES string of the molecule is Cc1noc(N)c1C(=O)OCC(=O)NCCN1C(=O)S/C(=C\c2ccccc2F)C1=O. The van der Waals surface area contributed by atoms with Gasteiger partial charge in [0.25, 0.3) is 17.1 Å². The van der Waals surface area contributed by atoms with E-state index in [2.05, 4.69) is 15.0 Å². The summed E-state index contributed by atoms with van der Waals surface area (Å²) < 4.78 is 23.2. The van der Waals surface area contributed by atoms with E-state index >= 15 is 0 Å². The van der Waals surface area contributed by atoms with Gasteiger partial charge in [-0.25, -0.2) is 9.18 Å². The zero-order chi connectivity index (χ0) is 22.5. The molecule has 3 amide bonds. The fraction of sp³-hybridized carbons (Fsp3) is 0.211. The highest BCUT2D eigenvalue weighted by Gasteiger charge is 2.34. The van der Waals surface area contributed by atoms with E-state index in [1.54, 1.807) is 6.07 Å². The molecule has 2 heterocycles. The minimum atomic E-state index is -0.865. The second-order valence-corrected chi connectivity index (χ2v) is 7.28. The van der Waals surface area contributed by atoms with Crippen molar-refractivity contribution < 1.29 is 32.8 Å². The van der Waals surface area contributed by atoms with Crippen LogP contribution in [-0.2, 0) is 14.3 Å². The van der Waals surface area contributed by atoms with Crippen molar-refractivity contribution in [2.45, 2.75) is 6.92 Å². The number of carbonyl (C=O) groups is 4. The van der Waals surface area contributed by atoms with Gasteiger partial charge in [0.15, 0.2) is 6.61 Å². The van der Waals surface area contributed by atoms with E-state index < -0.39 is 35.4 Å². The first-order valence-corrected chi connectivity index (χ1v) is 9.75. The number of nitrogens with two attached hydrogens (primary N) is 1. The zero-order valence-corrected chi connectivity index (χ0v) is 17.0. The molecule has 1 aliphatic heterocycles. The summed E-state index contributed by atoms with van der Waals surface area (Å²) in [7, 11) is 0. The summed E-state index contributed by atoms with van der Waals surface area (Å²) in [6.07, 6.45) is 1.30. The maximum atomic E-state index is 13.8. The van der Waals surface area contributed by atoms with Crippen LogP contribution in [0.25, 0.3) is 6.08 Å². The number of rotatable bonds is 7. The lowest BCUT2D eigenvalue weighted by Gasteiger charge is -2.13. The summed E-state index contributed by atoms with van der Waals surface area (Å²) in [5.74, 6) is -2.83. The monoisotopic (exact) mass is 448 g/mol. The molecule has 0 spiro atoms. The lowest BCUT2D eigenvalue weighted by molar-refractivity contribution is -0.125. The number of ether oxygens (including phenoxy) is 1. The van der Waals surface area contributed by atoms with Gasteiger partial charge in [0.05, 0.1) is 10.6 Å². The number of carbonyl (C=O) groups excluding carboxylic acids is 4. The smallest absolute Gasteiger partial charge is 0.346 e. The van der Waals surface area contributed by atoms with Crippen LogP contribution in [0.5, 0.6) is 0 Å². The Balaban J connectivity index is 1.48. The van der Waals surface area contributed by atoms with E-state index in [1.807, 2.05) is 0 Å². The van der Waals surface area contributed by atoms with Crippen LogP contribution in [0, 0.1) is 12.7 Å². The van der Waals surface area contributed by atoms with Crippen molar-refractivity contribution in [1.82, 2.24) is 15.4 Å². The summed E-state index contributed by atoms with van der Waals surface area (Å²) in [5, 5.41) is 5.41. The van der Waals surface area contributed by atoms with Crippen molar-refractivity contribution in [2.24, 2.45) is 0 Å². The van der Waals surface area contributed by atoms with Gasteiger partial charge in [0, 0.05) is 18.7 Å². The molecule has 1 saturated heterocycles. The number of esters is 1. The molecule has 0 bridgehead atoms. The summed E-state index contributed by atoms with van der Waals surface area (Å²) >= 11 is 0.683. The molecule has 0 aliphatic carbocycles. The summed E-state index contributed by atoms with van der Waals surface area (Å²) in [6, 6.07) is 5.86. The van der Waals surface area contributed by atoms with Crippen LogP contribution in [0.2, 0.25) is 0 Å². The summed E-state index contributed by atoms with van der Waals surface area (Å²) in [6.45, 7) is 0.734. The third kappa shape index (κ3) is 5.09. The number of nitrogen functional groups attached to an aromatic ring is 1. The van der Waals surface area contributed by atoms with E-state index in [0.29, 0.717) is 11.8 Å². The van der Waals surface area contributed by atoms with Gasteiger partial charge in [-0.3, -0.25) is 19.3 Å². The molecule has 0 atom stereocenters. The molecule has 31 heavy (non-hydrogen) atoms. The van der Waals surface area contributed by atoms with Crippen LogP contribution in [-0.4, -0.2) is 52.8 Å². The Hall–Kier alpha value is -3.67. The Morgan fingerprint density at radius 2 is 2.10 bits per heavy atom. The molecule has 3 rings (SSSR count). The second kappa shape index (κ2) is 9.43. The maximum Gasteiger partial charge on any atom is 0.346 e. The molecule has 2 aromatic rings. The molecule has 10 nitrogen and oxygen atoms in total. The van der Waals surface area contributed by atoms with Gasteiger partial charge in [0.2, 0.25) is 5.88 Å². The van der Waals surface area contributed by atoms with E-state index in [9.17, 15) is 23.6 Å². The van der Waals surface area contributed by atoms with E-state index in [0.717, 1.165) is 4.90 Å². The van der Waals surface area contributed by atoms with Crippen LogP contribution in [0.4, 0.5) is 15.1 Å². The molecule has 1 aromatic heterocycles. The summed E-state index contributed by atoms with van der Waals surface area (Å²) in [4.78, 5) is 49.3. The topological polar surface area (TPSA) is 145 Å². The van der Waals surface area contributed by atoms with E-state index in [-0.39, 0.29) is 40.7 Å². The van der Waals surface area contributed by atoms with Gasteiger partial charge >= 0.3 is 5.97 Å². The van der Waals surface area contributed by atoms with Crippen LogP contribution >= 0.6 is 11.8 Å². The Morgan fingerprint density at radius 1 is 1.35 bits per heavy atom. The zero-order valence-electron chi connectivity index (χ0n) is 16.2. The Morgan fingerprint density at radius 3 is 2.77 bits per heavy atom. The first-order chi connectivity index (χ1) is 14.8. The van der Waals surface area contributed by atoms with Crippen LogP contribution in [0.1, 0.15) is 21.6 Å². The fourth-order valence-electron chi connectivity index (χ4n) is 2.62. The molecular weight excluding hydrogens is 431 g/mol. The van der Waals surface area contributed by atoms with Crippen LogP contribution < -0.4 is 11.1 Å². The van der Waals surface area contributed by atoms with Gasteiger partial charge in [0.1, 0.15) is 11.4 Å². The highest BCUT2D eigenvalue weighted by atomic mass is 32.2. The molecule has 0 saturated carbocycles. The van der Waals surface area contributed by atoms with Crippen molar-refractivity contribution in [1.29, 1.82) is 0 Å². The number of nitrogens with one attached hydrogen (secondary N) is 1. The Labute approximate surface area is 179 Å². The van der Waals surface area contributed by atoms with Crippen molar-refractivity contribution >= 4 is 46.7 Å². The van der Waals surface area contributed by atoms with E-state index in [1.165, 1.54) is 31.2 Å². The van der Waals surface area contributed by atoms with E-state index in [4.69, 9.17) is 10.5 Å². The van der Waals surface area contributed by atoms with Crippen LogP contribution in [0.3, 0.4) is 0 Å². The quantitative estimate of drug-likeness (QED) is 0.477. The molecule has 1 aliphatic rings. The maximum absolute atomic E-state index is 13.8. The number of aromatic nitrogens is 1. The average molecular weight is 448 g/mol. The van der Waals surface area contributed by atoms with Gasteiger partial charge in [-0.05, 0) is 30.8 Å². The number of amides is 3. The van der Waals surface area contributed by atoms with Crippen molar-refractivity contribution in [3.63, 3.8) is 0 Å². The number of thioether (sulfide) groups is 1. The molecule has 0 radical (unpaired) electrons. The number of hydrogen-bond acceptors (Lipinski definition) is 9. The number of imide groups is 1. The highest BCUT2D eigenvalue weighted by molar-refractivity contribution is 8.18. The summed E-state index contributed by atoms with van der Waals surface area (Å²) in [5.41, 5.74) is 5.82. The standard InChI is InChI=1S/C19H17FN4O6S/c1-10-15(16(21)30-23-10)18(27)29-9-14(25)22-6-7-24-17(26)13(31-19(24)28)8-11-4-2-3-5-12(11)20/h2-5,8H,6-7,9,21H2,1H3,(H,22,25)/b13-8-. The number of anilines is 1. The van der Waals surface area contributed by atoms with Crippen LogP contribution in [0.15, 0.2) is 33.7 Å². The third-order valence-electron chi connectivity index (χ3n) is 4.15. The van der Waals surface area contributed by atoms with Crippen molar-refractivity contribution in [3.8, 4) is 0 Å². The highest BCUT2D eigenvalue weighted by Crippen LogP contribution is 2.32. The Kier molecular flexibility index (Phi) is 6.70. The number of aryl methyl sites for hydroxylation is 1. The number of halogens is 1. The van der Waals surface area contributed by atoms with Crippen molar-refractivity contribution in [3.05, 3.63) is 51.8 Å². The molecule has 3 N–H and O–H groups in total. The number of benzene rings is 1. The predicted molar refractivity (Wildman–Crippen MR) is 108 cm³/mol. The lowest BCUT2D eigenvalue weighted by atomic mass is 10.2. The van der Waals surface area contributed by atoms with Gasteiger partial charge in [-0.15, -0.1) is 0 Å². The van der Waals surface area contributed by atoms with Gasteiger partial charge in [-0.1, -0.05) is 23.4 Å². The lowest BCUT2D eigenvalue weighted by Crippen LogP contribution is -2.38. The fourth-order valence-corrected chi connectivity index (χ4v) is 3.48. The molecule has 162 valence electrons. The second-order valence-electron chi connectivity index (χ2n) is 6.29. The molecule has 12 heteroatoms. The third-order valence-corrected chi connectivity index (χ3v) is 5.06. The first-order valence-electron chi connectivity index (χ1n) is 8.93. The van der Waals surface area contributed by atoms with Crippen molar-refractivity contribution in [2.75, 3.05) is 25.4 Å². The largest absolute Gasteiger partial charge is 0.452 e. The normalized spacial score (nSPS) is 14.9.